The highest BCUT2D eigenvalue weighted by molar-refractivity contribution is 7.10. The lowest BCUT2D eigenvalue weighted by molar-refractivity contribution is -0.141. The molecule has 2 heterocycles. The molecule has 1 aliphatic heterocycles. The van der Waals surface area contributed by atoms with Crippen LogP contribution in [0.3, 0.4) is 0 Å². The summed E-state index contributed by atoms with van der Waals surface area (Å²) in [4.78, 5) is 31.1. The Hall–Kier alpha value is -3.45. The first-order chi connectivity index (χ1) is 16.5. The summed E-state index contributed by atoms with van der Waals surface area (Å²) >= 11 is 1.67. The molecule has 0 bridgehead atoms. The number of hydrogen-bond donors (Lipinski definition) is 0. The summed E-state index contributed by atoms with van der Waals surface area (Å²) in [5, 5.41) is 2.03. The van der Waals surface area contributed by atoms with E-state index in [0.29, 0.717) is 6.54 Å². The zero-order chi connectivity index (χ0) is 24.1. The van der Waals surface area contributed by atoms with Gasteiger partial charge in [-0.05, 0) is 58.8 Å². The topological polar surface area (TPSA) is 49.9 Å². The fraction of sp³-hybridized carbons (Fsp3) is 0.259. The van der Waals surface area contributed by atoms with Crippen LogP contribution in [0.15, 0.2) is 72.6 Å². The molecule has 0 aliphatic carbocycles. The van der Waals surface area contributed by atoms with Crippen molar-refractivity contribution in [2.75, 3.05) is 26.7 Å². The average Bonchev–Trinajstić information content (AvgIpc) is 3.33. The fourth-order valence-electron chi connectivity index (χ4n) is 4.28. The molecule has 176 valence electrons. The number of carbonyl (C=O) groups excluding carboxylic acids is 2. The molecule has 0 radical (unpaired) electrons. The Morgan fingerprint density at radius 3 is 2.59 bits per heavy atom. The van der Waals surface area contributed by atoms with Gasteiger partial charge in [0.05, 0.1) is 19.6 Å². The zero-order valence-electron chi connectivity index (χ0n) is 19.1. The Balaban J connectivity index is 1.53. The first-order valence-electron chi connectivity index (χ1n) is 11.1. The van der Waals surface area contributed by atoms with Crippen LogP contribution in [0.5, 0.6) is 5.75 Å². The number of carbonyl (C=O) groups is 2. The number of benzene rings is 2. The van der Waals surface area contributed by atoms with E-state index in [9.17, 15) is 14.0 Å². The molecule has 3 aromatic rings. The third-order valence-corrected chi connectivity index (χ3v) is 7.01. The lowest BCUT2D eigenvalue weighted by Gasteiger charge is -2.37. The second-order valence-corrected chi connectivity index (χ2v) is 9.18. The molecule has 1 aromatic heterocycles. The van der Waals surface area contributed by atoms with Crippen LogP contribution in [-0.2, 0) is 22.4 Å². The van der Waals surface area contributed by atoms with E-state index >= 15 is 0 Å². The molecule has 0 saturated heterocycles. The van der Waals surface area contributed by atoms with Crippen LogP contribution in [0.1, 0.15) is 27.6 Å². The molecule has 0 fully saturated rings. The summed E-state index contributed by atoms with van der Waals surface area (Å²) in [5.74, 6) is 0.115. The lowest BCUT2D eigenvalue weighted by Crippen LogP contribution is -2.47. The zero-order valence-corrected chi connectivity index (χ0v) is 19.9. The van der Waals surface area contributed by atoms with Gasteiger partial charge in [-0.2, -0.15) is 0 Å². The van der Waals surface area contributed by atoms with Crippen LogP contribution >= 0.6 is 11.3 Å². The minimum Gasteiger partial charge on any atom is -0.497 e. The van der Waals surface area contributed by atoms with E-state index in [-0.39, 0.29) is 43.2 Å². The highest BCUT2D eigenvalue weighted by Crippen LogP contribution is 2.38. The van der Waals surface area contributed by atoms with Crippen molar-refractivity contribution in [1.29, 1.82) is 0 Å². The van der Waals surface area contributed by atoms with E-state index in [1.165, 1.54) is 21.9 Å². The monoisotopic (exact) mass is 478 g/mol. The van der Waals surface area contributed by atoms with E-state index in [4.69, 9.17) is 4.74 Å². The largest absolute Gasteiger partial charge is 0.497 e. The number of rotatable bonds is 8. The minimum atomic E-state index is -0.315. The standard InChI is InChI=1S/C27H27FN2O3S/c1-3-14-29(25(31)17-19-4-10-22(33-2)11-5-19)18-26(32)30-15-12-24-23(13-16-34-24)27(30)20-6-8-21(28)9-7-20/h3-11,13,16,27H,1,12,14-15,17-18H2,2H3. The molecule has 34 heavy (non-hydrogen) atoms. The van der Waals surface area contributed by atoms with Crippen molar-refractivity contribution in [3.05, 3.63) is 100 Å². The summed E-state index contributed by atoms with van der Waals surface area (Å²) < 4.78 is 18.7. The van der Waals surface area contributed by atoms with Gasteiger partial charge in [-0.3, -0.25) is 9.59 Å². The van der Waals surface area contributed by atoms with Crippen LogP contribution in [0, 0.1) is 5.82 Å². The number of methoxy groups -OCH3 is 1. The van der Waals surface area contributed by atoms with Crippen LogP contribution in [0.2, 0.25) is 0 Å². The summed E-state index contributed by atoms with van der Waals surface area (Å²) in [7, 11) is 1.59. The normalized spacial score (nSPS) is 14.9. The van der Waals surface area contributed by atoms with Crippen molar-refractivity contribution in [2.24, 2.45) is 0 Å². The predicted molar refractivity (Wildman–Crippen MR) is 131 cm³/mol. The molecular formula is C27H27FN2O3S. The summed E-state index contributed by atoms with van der Waals surface area (Å²) in [6.45, 7) is 4.53. The van der Waals surface area contributed by atoms with Crippen molar-refractivity contribution in [2.45, 2.75) is 18.9 Å². The summed E-state index contributed by atoms with van der Waals surface area (Å²) in [6.07, 6.45) is 2.57. The molecule has 0 saturated carbocycles. The Morgan fingerprint density at radius 1 is 1.18 bits per heavy atom. The fourth-order valence-corrected chi connectivity index (χ4v) is 5.19. The van der Waals surface area contributed by atoms with Crippen molar-refractivity contribution < 1.29 is 18.7 Å². The summed E-state index contributed by atoms with van der Waals surface area (Å²) in [5.41, 5.74) is 2.77. The number of nitrogens with zero attached hydrogens (tertiary/aromatic N) is 2. The number of fused-ring (bicyclic) bond motifs is 1. The first-order valence-corrected chi connectivity index (χ1v) is 12.0. The van der Waals surface area contributed by atoms with Gasteiger partial charge in [-0.15, -0.1) is 17.9 Å². The average molecular weight is 479 g/mol. The third-order valence-electron chi connectivity index (χ3n) is 6.01. The smallest absolute Gasteiger partial charge is 0.243 e. The molecule has 1 atom stereocenters. The Labute approximate surface area is 203 Å². The second-order valence-electron chi connectivity index (χ2n) is 8.18. The maximum Gasteiger partial charge on any atom is 0.243 e. The number of thiophene rings is 1. The van der Waals surface area contributed by atoms with Crippen molar-refractivity contribution >= 4 is 23.2 Å². The molecule has 4 rings (SSSR count). The number of hydrogen-bond acceptors (Lipinski definition) is 4. The summed E-state index contributed by atoms with van der Waals surface area (Å²) in [6, 6.07) is 15.3. The molecular weight excluding hydrogens is 451 g/mol. The van der Waals surface area contributed by atoms with Crippen molar-refractivity contribution in [1.82, 2.24) is 9.80 Å². The molecule has 7 heteroatoms. The van der Waals surface area contributed by atoms with Crippen LogP contribution < -0.4 is 4.74 Å². The Kier molecular flexibility index (Phi) is 7.43. The number of ether oxygens (including phenoxy) is 1. The minimum absolute atomic E-state index is 0.0435. The van der Waals surface area contributed by atoms with Crippen LogP contribution in [0.4, 0.5) is 4.39 Å². The van der Waals surface area contributed by atoms with Gasteiger partial charge in [0.15, 0.2) is 0 Å². The number of halogens is 1. The maximum atomic E-state index is 13.6. The first kappa shape index (κ1) is 23.7. The molecule has 0 spiro atoms. The van der Waals surface area contributed by atoms with Gasteiger partial charge in [0.2, 0.25) is 11.8 Å². The van der Waals surface area contributed by atoms with Gasteiger partial charge in [0.25, 0.3) is 0 Å². The van der Waals surface area contributed by atoms with Crippen LogP contribution in [-0.4, -0.2) is 48.4 Å². The highest BCUT2D eigenvalue weighted by atomic mass is 32.1. The lowest BCUT2D eigenvalue weighted by atomic mass is 9.93. The van der Waals surface area contributed by atoms with Gasteiger partial charge in [0.1, 0.15) is 18.1 Å². The van der Waals surface area contributed by atoms with Gasteiger partial charge >= 0.3 is 0 Å². The predicted octanol–water partition coefficient (Wildman–Crippen LogP) is 4.63. The van der Waals surface area contributed by atoms with Crippen molar-refractivity contribution in [3.8, 4) is 5.75 Å². The van der Waals surface area contributed by atoms with E-state index < -0.39 is 0 Å². The molecule has 0 N–H and O–H groups in total. The van der Waals surface area contributed by atoms with Gasteiger partial charge in [0, 0.05) is 18.0 Å². The van der Waals surface area contributed by atoms with E-state index in [1.807, 2.05) is 35.7 Å². The Morgan fingerprint density at radius 2 is 1.91 bits per heavy atom. The van der Waals surface area contributed by atoms with E-state index in [0.717, 1.165) is 28.9 Å². The molecule has 1 unspecified atom stereocenters. The number of amides is 2. The quantitative estimate of drug-likeness (QED) is 0.444. The van der Waals surface area contributed by atoms with Crippen LogP contribution in [0.25, 0.3) is 0 Å². The molecule has 5 nitrogen and oxygen atoms in total. The molecule has 1 aliphatic rings. The second kappa shape index (κ2) is 10.7. The van der Waals surface area contributed by atoms with Crippen molar-refractivity contribution in [3.63, 3.8) is 0 Å². The molecule has 2 aromatic carbocycles. The van der Waals surface area contributed by atoms with E-state index in [2.05, 4.69) is 6.58 Å². The van der Waals surface area contributed by atoms with Gasteiger partial charge in [-0.25, -0.2) is 4.39 Å². The van der Waals surface area contributed by atoms with Gasteiger partial charge < -0.3 is 14.5 Å². The van der Waals surface area contributed by atoms with E-state index in [1.54, 1.807) is 41.6 Å². The maximum absolute atomic E-state index is 13.6. The third kappa shape index (κ3) is 5.20. The Bertz CT molecular complexity index is 1160. The molecule has 2 amide bonds. The SMILES string of the molecule is C=CCN(CC(=O)N1CCc2sccc2C1c1ccc(F)cc1)C(=O)Cc1ccc(OC)cc1. The van der Waals surface area contributed by atoms with Gasteiger partial charge in [-0.1, -0.05) is 30.3 Å². The highest BCUT2D eigenvalue weighted by Gasteiger charge is 2.33.